The van der Waals surface area contributed by atoms with Gasteiger partial charge in [0.05, 0.1) is 5.56 Å². The molecule has 0 fully saturated rings. The van der Waals surface area contributed by atoms with Crippen molar-refractivity contribution in [2.75, 3.05) is 19.6 Å². The minimum Gasteiger partial charge on any atom is -0.316 e. The molecule has 0 saturated carbocycles. The molecule has 2 N–H and O–H groups in total. The summed E-state index contributed by atoms with van der Waals surface area (Å²) >= 11 is 0. The van der Waals surface area contributed by atoms with Crippen LogP contribution < -0.4 is 10.6 Å². The van der Waals surface area contributed by atoms with Crippen molar-refractivity contribution < 1.29 is 17.6 Å². The molecule has 1 aromatic rings. The van der Waals surface area contributed by atoms with Gasteiger partial charge in [-0.2, -0.15) is 13.2 Å². The second kappa shape index (κ2) is 8.34. The topological polar surface area (TPSA) is 24.1 Å². The molecule has 0 atom stereocenters. The highest BCUT2D eigenvalue weighted by molar-refractivity contribution is 5.27. The Morgan fingerprint density at radius 1 is 1.10 bits per heavy atom. The first-order chi connectivity index (χ1) is 9.80. The normalized spacial score (nSPS) is 12.1. The first-order valence-corrected chi connectivity index (χ1v) is 7.07. The molecule has 2 nitrogen and oxygen atoms in total. The quantitative estimate of drug-likeness (QED) is 0.567. The van der Waals surface area contributed by atoms with Crippen LogP contribution in [0.15, 0.2) is 18.2 Å². The van der Waals surface area contributed by atoms with E-state index in [-0.39, 0.29) is 0 Å². The second-order valence-corrected chi connectivity index (χ2v) is 5.44. The SMILES string of the molecule is CC(C)CNCCCNCc1ccc(F)c(C(F)(F)F)c1. The summed E-state index contributed by atoms with van der Waals surface area (Å²) in [4.78, 5) is 0. The van der Waals surface area contributed by atoms with E-state index in [0.717, 1.165) is 31.6 Å². The molecule has 0 spiro atoms. The maximum atomic E-state index is 13.1. The fourth-order valence-electron chi connectivity index (χ4n) is 1.86. The maximum Gasteiger partial charge on any atom is 0.419 e. The molecule has 1 aromatic carbocycles. The summed E-state index contributed by atoms with van der Waals surface area (Å²) in [6, 6.07) is 3.10. The van der Waals surface area contributed by atoms with E-state index in [9.17, 15) is 17.6 Å². The lowest BCUT2D eigenvalue weighted by atomic mass is 10.1. The van der Waals surface area contributed by atoms with Gasteiger partial charge in [-0.1, -0.05) is 19.9 Å². The Bertz CT molecular complexity index is 430. The monoisotopic (exact) mass is 306 g/mol. The van der Waals surface area contributed by atoms with Crippen molar-refractivity contribution >= 4 is 0 Å². The summed E-state index contributed by atoms with van der Waals surface area (Å²) in [5.74, 6) is -0.637. The summed E-state index contributed by atoms with van der Waals surface area (Å²) in [6.07, 6.45) is -3.76. The second-order valence-electron chi connectivity index (χ2n) is 5.44. The lowest BCUT2D eigenvalue weighted by molar-refractivity contribution is -0.140. The van der Waals surface area contributed by atoms with E-state index in [1.54, 1.807) is 0 Å². The van der Waals surface area contributed by atoms with Crippen LogP contribution in [0.4, 0.5) is 17.6 Å². The summed E-state index contributed by atoms with van der Waals surface area (Å²) in [5, 5.41) is 6.34. The van der Waals surface area contributed by atoms with Gasteiger partial charge in [-0.3, -0.25) is 0 Å². The average molecular weight is 306 g/mol. The molecule has 0 saturated heterocycles. The molecule has 0 amide bonds. The number of hydrogen-bond donors (Lipinski definition) is 2. The molecule has 0 bridgehead atoms. The van der Waals surface area contributed by atoms with Crippen molar-refractivity contribution in [2.45, 2.75) is 33.0 Å². The van der Waals surface area contributed by atoms with Gasteiger partial charge in [0.1, 0.15) is 5.82 Å². The van der Waals surface area contributed by atoms with Crippen molar-refractivity contribution in [3.8, 4) is 0 Å². The third-order valence-corrected chi connectivity index (χ3v) is 2.92. The Morgan fingerprint density at radius 3 is 2.38 bits per heavy atom. The highest BCUT2D eigenvalue weighted by Crippen LogP contribution is 2.31. The average Bonchev–Trinajstić information content (AvgIpc) is 2.37. The molecule has 0 aliphatic carbocycles. The summed E-state index contributed by atoms with van der Waals surface area (Å²) in [7, 11) is 0. The van der Waals surface area contributed by atoms with Gasteiger partial charge in [0.25, 0.3) is 0 Å². The minimum absolute atomic E-state index is 0.299. The van der Waals surface area contributed by atoms with Gasteiger partial charge in [0.15, 0.2) is 0 Å². The molecular formula is C15H22F4N2. The first-order valence-electron chi connectivity index (χ1n) is 7.07. The van der Waals surface area contributed by atoms with Gasteiger partial charge in [-0.15, -0.1) is 0 Å². The van der Waals surface area contributed by atoms with Crippen LogP contribution in [0.2, 0.25) is 0 Å². The fraction of sp³-hybridized carbons (Fsp3) is 0.600. The lowest BCUT2D eigenvalue weighted by Gasteiger charge is -2.11. The zero-order chi connectivity index (χ0) is 15.9. The third-order valence-electron chi connectivity index (χ3n) is 2.92. The minimum atomic E-state index is -4.65. The number of nitrogens with one attached hydrogen (secondary N) is 2. The van der Waals surface area contributed by atoms with Crippen LogP contribution in [0.3, 0.4) is 0 Å². The van der Waals surface area contributed by atoms with Crippen LogP contribution in [0.25, 0.3) is 0 Å². The van der Waals surface area contributed by atoms with Crippen LogP contribution in [-0.4, -0.2) is 19.6 Å². The van der Waals surface area contributed by atoms with E-state index in [0.29, 0.717) is 24.6 Å². The number of rotatable bonds is 8. The van der Waals surface area contributed by atoms with Crippen LogP contribution >= 0.6 is 0 Å². The first kappa shape index (κ1) is 17.9. The molecule has 21 heavy (non-hydrogen) atoms. The van der Waals surface area contributed by atoms with Crippen molar-refractivity contribution in [3.05, 3.63) is 35.1 Å². The van der Waals surface area contributed by atoms with Crippen molar-refractivity contribution in [1.29, 1.82) is 0 Å². The van der Waals surface area contributed by atoms with Crippen molar-refractivity contribution in [2.24, 2.45) is 5.92 Å². The van der Waals surface area contributed by atoms with Crippen molar-refractivity contribution in [3.63, 3.8) is 0 Å². The van der Waals surface area contributed by atoms with Crippen LogP contribution in [-0.2, 0) is 12.7 Å². The highest BCUT2D eigenvalue weighted by atomic mass is 19.4. The molecule has 0 unspecified atom stereocenters. The van der Waals surface area contributed by atoms with E-state index < -0.39 is 17.6 Å². The van der Waals surface area contributed by atoms with Crippen LogP contribution in [0.5, 0.6) is 0 Å². The Morgan fingerprint density at radius 2 is 1.76 bits per heavy atom. The molecule has 0 aliphatic heterocycles. The van der Waals surface area contributed by atoms with E-state index in [1.165, 1.54) is 6.07 Å². The van der Waals surface area contributed by atoms with Gasteiger partial charge in [-0.05, 0) is 49.7 Å². The van der Waals surface area contributed by atoms with E-state index >= 15 is 0 Å². The molecule has 6 heteroatoms. The number of halogens is 4. The molecule has 0 radical (unpaired) electrons. The Kier molecular flexibility index (Phi) is 7.11. The smallest absolute Gasteiger partial charge is 0.316 e. The van der Waals surface area contributed by atoms with Crippen LogP contribution in [0.1, 0.15) is 31.4 Å². The van der Waals surface area contributed by atoms with Gasteiger partial charge in [-0.25, -0.2) is 4.39 Å². The highest BCUT2D eigenvalue weighted by Gasteiger charge is 2.34. The largest absolute Gasteiger partial charge is 0.419 e. The molecule has 120 valence electrons. The molecule has 0 heterocycles. The zero-order valence-electron chi connectivity index (χ0n) is 12.4. The van der Waals surface area contributed by atoms with Gasteiger partial charge < -0.3 is 10.6 Å². The van der Waals surface area contributed by atoms with Gasteiger partial charge in [0, 0.05) is 6.54 Å². The molecular weight excluding hydrogens is 284 g/mol. The van der Waals surface area contributed by atoms with E-state index in [1.807, 2.05) is 0 Å². The summed E-state index contributed by atoms with van der Waals surface area (Å²) in [6.45, 7) is 7.06. The van der Waals surface area contributed by atoms with Crippen molar-refractivity contribution in [1.82, 2.24) is 10.6 Å². The summed E-state index contributed by atoms with van der Waals surface area (Å²) < 4.78 is 50.8. The predicted octanol–water partition coefficient (Wildman–Crippen LogP) is 3.57. The maximum absolute atomic E-state index is 13.1. The lowest BCUT2D eigenvalue weighted by Crippen LogP contribution is -2.24. The standard InChI is InChI=1S/C15H22F4N2/c1-11(2)9-20-6-3-7-21-10-12-4-5-14(16)13(8-12)15(17,18)19/h4-5,8,11,20-21H,3,6-7,9-10H2,1-2H3. The number of alkyl halides is 3. The third kappa shape index (κ3) is 6.91. The van der Waals surface area contributed by atoms with Crippen LogP contribution in [0, 0.1) is 11.7 Å². The van der Waals surface area contributed by atoms with E-state index in [4.69, 9.17) is 0 Å². The molecule has 1 rings (SSSR count). The van der Waals surface area contributed by atoms with E-state index in [2.05, 4.69) is 24.5 Å². The van der Waals surface area contributed by atoms with Gasteiger partial charge in [0.2, 0.25) is 0 Å². The Balaban J connectivity index is 2.33. The van der Waals surface area contributed by atoms with Gasteiger partial charge >= 0.3 is 6.18 Å². The fourth-order valence-corrected chi connectivity index (χ4v) is 1.86. The zero-order valence-corrected chi connectivity index (χ0v) is 12.4. The Labute approximate surface area is 122 Å². The number of hydrogen-bond acceptors (Lipinski definition) is 2. The molecule has 0 aliphatic rings. The number of benzene rings is 1. The predicted molar refractivity (Wildman–Crippen MR) is 75.4 cm³/mol. The summed E-state index contributed by atoms with van der Waals surface area (Å²) in [5.41, 5.74) is -0.778. The molecule has 0 aromatic heterocycles. The Hall–Kier alpha value is -1.14.